The molecule has 7 heteroatoms. The number of para-hydroxylation sites is 1. The van der Waals surface area contributed by atoms with Crippen molar-refractivity contribution in [2.24, 2.45) is 0 Å². The van der Waals surface area contributed by atoms with E-state index in [2.05, 4.69) is 5.32 Å². The summed E-state index contributed by atoms with van der Waals surface area (Å²) in [6.07, 6.45) is -5.62. The molecule has 1 N–H and O–H groups in total. The number of amides is 1. The maximum absolute atomic E-state index is 12.9. The number of anilines is 1. The molecule has 2 rings (SSSR count). The van der Waals surface area contributed by atoms with Crippen molar-refractivity contribution >= 4 is 11.6 Å². The summed E-state index contributed by atoms with van der Waals surface area (Å²) in [6.45, 7) is 1.41. The van der Waals surface area contributed by atoms with Crippen LogP contribution in [0.5, 0.6) is 5.75 Å². The van der Waals surface area contributed by atoms with Crippen molar-refractivity contribution in [3.63, 3.8) is 0 Å². The molecule has 0 saturated heterocycles. The second kappa shape index (κ2) is 7.04. The molecule has 0 saturated carbocycles. The molecule has 24 heavy (non-hydrogen) atoms. The number of hydrogen-bond donors (Lipinski definition) is 1. The van der Waals surface area contributed by atoms with E-state index in [4.69, 9.17) is 10.00 Å². The highest BCUT2D eigenvalue weighted by molar-refractivity contribution is 5.94. The smallest absolute Gasteiger partial charge is 0.418 e. The summed E-state index contributed by atoms with van der Waals surface area (Å²) < 4.78 is 44.1. The summed E-state index contributed by atoms with van der Waals surface area (Å²) in [6, 6.07) is 12.8. The predicted molar refractivity (Wildman–Crippen MR) is 81.3 cm³/mol. The highest BCUT2D eigenvalue weighted by Crippen LogP contribution is 2.34. The molecule has 1 amide bonds. The molecule has 0 spiro atoms. The van der Waals surface area contributed by atoms with Gasteiger partial charge in [-0.3, -0.25) is 4.79 Å². The number of alkyl halides is 3. The van der Waals surface area contributed by atoms with Crippen LogP contribution in [0.1, 0.15) is 18.1 Å². The highest BCUT2D eigenvalue weighted by Gasteiger charge is 2.34. The fraction of sp³-hybridized carbons (Fsp3) is 0.176. The van der Waals surface area contributed by atoms with E-state index in [9.17, 15) is 18.0 Å². The first kappa shape index (κ1) is 17.3. The lowest BCUT2D eigenvalue weighted by Crippen LogP contribution is -2.31. The van der Waals surface area contributed by atoms with Crippen LogP contribution in [0.3, 0.4) is 0 Å². The maximum atomic E-state index is 12.9. The molecule has 0 heterocycles. The Bertz CT molecular complexity index is 782. The first-order chi connectivity index (χ1) is 11.3. The van der Waals surface area contributed by atoms with E-state index in [1.807, 2.05) is 6.07 Å². The Morgan fingerprint density at radius 1 is 1.21 bits per heavy atom. The Morgan fingerprint density at radius 2 is 1.92 bits per heavy atom. The van der Waals surface area contributed by atoms with E-state index in [1.165, 1.54) is 31.2 Å². The van der Waals surface area contributed by atoms with Crippen molar-refractivity contribution in [3.05, 3.63) is 59.7 Å². The molecule has 0 radical (unpaired) electrons. The van der Waals surface area contributed by atoms with Crippen molar-refractivity contribution in [1.29, 1.82) is 5.26 Å². The second-order valence-electron chi connectivity index (χ2n) is 4.93. The molecule has 2 aromatic carbocycles. The van der Waals surface area contributed by atoms with Gasteiger partial charge >= 0.3 is 6.18 Å². The minimum Gasteiger partial charge on any atom is -0.481 e. The number of nitrogens with one attached hydrogen (secondary N) is 1. The number of rotatable bonds is 4. The lowest BCUT2D eigenvalue weighted by atomic mass is 10.1. The minimum absolute atomic E-state index is 0.279. The molecule has 0 unspecified atom stereocenters. The third-order valence-electron chi connectivity index (χ3n) is 3.14. The van der Waals surface area contributed by atoms with Crippen molar-refractivity contribution in [1.82, 2.24) is 0 Å². The van der Waals surface area contributed by atoms with Crippen LogP contribution < -0.4 is 10.1 Å². The zero-order chi connectivity index (χ0) is 17.7. The molecule has 0 aliphatic rings. The van der Waals surface area contributed by atoms with Gasteiger partial charge in [0.2, 0.25) is 0 Å². The van der Waals surface area contributed by atoms with Crippen LogP contribution in [-0.2, 0) is 11.0 Å². The van der Waals surface area contributed by atoms with Crippen LogP contribution in [0.15, 0.2) is 48.5 Å². The maximum Gasteiger partial charge on any atom is 0.418 e. The highest BCUT2D eigenvalue weighted by atomic mass is 19.4. The van der Waals surface area contributed by atoms with Gasteiger partial charge in [0.25, 0.3) is 5.91 Å². The number of halogens is 3. The summed E-state index contributed by atoms with van der Waals surface area (Å²) in [4.78, 5) is 12.1. The van der Waals surface area contributed by atoms with Crippen molar-refractivity contribution in [2.75, 3.05) is 5.32 Å². The molecular weight excluding hydrogens is 321 g/mol. The van der Waals surface area contributed by atoms with Crippen LogP contribution in [-0.4, -0.2) is 12.0 Å². The number of nitrogens with zero attached hydrogens (tertiary/aromatic N) is 1. The number of nitriles is 1. The normalized spacial score (nSPS) is 12.1. The van der Waals surface area contributed by atoms with Gasteiger partial charge in [0.05, 0.1) is 22.9 Å². The average Bonchev–Trinajstić information content (AvgIpc) is 2.54. The van der Waals surface area contributed by atoms with Crippen LogP contribution in [0.4, 0.5) is 18.9 Å². The summed E-state index contributed by atoms with van der Waals surface area (Å²) in [5.74, 6) is -0.449. The van der Waals surface area contributed by atoms with Gasteiger partial charge in [-0.15, -0.1) is 0 Å². The first-order valence-corrected chi connectivity index (χ1v) is 6.95. The zero-order valence-electron chi connectivity index (χ0n) is 12.6. The fourth-order valence-electron chi connectivity index (χ4n) is 1.97. The summed E-state index contributed by atoms with van der Waals surface area (Å²) in [5, 5.41) is 11.0. The van der Waals surface area contributed by atoms with Crippen molar-refractivity contribution in [3.8, 4) is 11.8 Å². The standard InChI is InChI=1S/C17H13F3N2O2/c1-11(24-13-6-4-5-12(9-13)10-21)16(23)22-15-8-3-2-7-14(15)17(18,19)20/h2-9,11H,1H3,(H,22,23)/t11-/m0/s1. The second-order valence-corrected chi connectivity index (χ2v) is 4.93. The van der Waals surface area contributed by atoms with E-state index in [0.29, 0.717) is 5.56 Å². The largest absolute Gasteiger partial charge is 0.481 e. The topological polar surface area (TPSA) is 62.1 Å². The third-order valence-corrected chi connectivity index (χ3v) is 3.14. The minimum atomic E-state index is -4.57. The van der Waals surface area contributed by atoms with Gasteiger partial charge in [-0.25, -0.2) is 0 Å². The van der Waals surface area contributed by atoms with E-state index < -0.39 is 23.8 Å². The van der Waals surface area contributed by atoms with Gasteiger partial charge < -0.3 is 10.1 Å². The number of benzene rings is 2. The number of hydrogen-bond acceptors (Lipinski definition) is 3. The van der Waals surface area contributed by atoms with E-state index >= 15 is 0 Å². The number of carbonyl (C=O) groups is 1. The molecule has 4 nitrogen and oxygen atoms in total. The van der Waals surface area contributed by atoms with Gasteiger partial charge in [0.1, 0.15) is 5.75 Å². The zero-order valence-corrected chi connectivity index (χ0v) is 12.6. The Morgan fingerprint density at radius 3 is 2.58 bits per heavy atom. The summed E-state index contributed by atoms with van der Waals surface area (Å²) in [5.41, 5.74) is -0.921. The molecule has 1 atom stereocenters. The monoisotopic (exact) mass is 334 g/mol. The molecule has 0 aromatic heterocycles. The predicted octanol–water partition coefficient (Wildman–Crippen LogP) is 3.98. The molecule has 0 fully saturated rings. The Balaban J connectivity index is 2.11. The van der Waals surface area contributed by atoms with Gasteiger partial charge in [0, 0.05) is 0 Å². The summed E-state index contributed by atoms with van der Waals surface area (Å²) >= 11 is 0. The fourth-order valence-corrected chi connectivity index (χ4v) is 1.97. The van der Waals surface area contributed by atoms with Crippen LogP contribution in [0.2, 0.25) is 0 Å². The molecule has 124 valence electrons. The van der Waals surface area contributed by atoms with E-state index in [0.717, 1.165) is 6.07 Å². The van der Waals surface area contributed by atoms with Gasteiger partial charge in [-0.1, -0.05) is 18.2 Å². The summed E-state index contributed by atoms with van der Waals surface area (Å²) in [7, 11) is 0. The first-order valence-electron chi connectivity index (χ1n) is 6.95. The Labute approximate surface area is 136 Å². The third kappa shape index (κ3) is 4.26. The van der Waals surface area contributed by atoms with Crippen molar-refractivity contribution < 1.29 is 22.7 Å². The molecule has 0 aliphatic carbocycles. The van der Waals surface area contributed by atoms with Gasteiger partial charge in [-0.2, -0.15) is 18.4 Å². The number of ether oxygens (including phenoxy) is 1. The molecule has 0 aliphatic heterocycles. The van der Waals surface area contributed by atoms with Crippen LogP contribution in [0.25, 0.3) is 0 Å². The SMILES string of the molecule is C[C@H](Oc1cccc(C#N)c1)C(=O)Nc1ccccc1C(F)(F)F. The molecule has 2 aromatic rings. The van der Waals surface area contributed by atoms with Gasteiger partial charge in [0.15, 0.2) is 6.10 Å². The van der Waals surface area contributed by atoms with E-state index in [-0.39, 0.29) is 11.4 Å². The lowest BCUT2D eigenvalue weighted by Gasteiger charge is -2.17. The quantitative estimate of drug-likeness (QED) is 0.920. The Hall–Kier alpha value is -3.01. The van der Waals surface area contributed by atoms with Crippen LogP contribution >= 0.6 is 0 Å². The van der Waals surface area contributed by atoms with Crippen molar-refractivity contribution in [2.45, 2.75) is 19.2 Å². The van der Waals surface area contributed by atoms with Crippen LogP contribution in [0, 0.1) is 11.3 Å². The van der Waals surface area contributed by atoms with E-state index in [1.54, 1.807) is 18.2 Å². The molecular formula is C17H13F3N2O2. The lowest BCUT2D eigenvalue weighted by molar-refractivity contribution is -0.137. The number of carbonyl (C=O) groups excluding carboxylic acids is 1. The molecule has 0 bridgehead atoms. The Kier molecular flexibility index (Phi) is 5.09. The van der Waals surface area contributed by atoms with Gasteiger partial charge in [-0.05, 0) is 37.3 Å². The average molecular weight is 334 g/mol.